The molecule has 76 heavy (non-hydrogen) atoms. The third kappa shape index (κ3) is 61.7. The van der Waals surface area contributed by atoms with Crippen LogP contribution in [-0.4, -0.2) is 37.2 Å². The lowest BCUT2D eigenvalue weighted by molar-refractivity contribution is -0.167. The fourth-order valence-corrected chi connectivity index (χ4v) is 9.43. The third-order valence-corrected chi connectivity index (χ3v) is 14.4. The molecule has 0 aromatic carbocycles. The lowest BCUT2D eigenvalue weighted by Crippen LogP contribution is -2.30. The van der Waals surface area contributed by atoms with Crippen molar-refractivity contribution in [1.82, 2.24) is 0 Å². The summed E-state index contributed by atoms with van der Waals surface area (Å²) in [5.41, 5.74) is 0. The molecule has 0 aromatic heterocycles. The average molecular weight is 1060 g/mol. The normalized spacial score (nSPS) is 12.5. The van der Waals surface area contributed by atoms with Crippen LogP contribution < -0.4 is 0 Å². The van der Waals surface area contributed by atoms with Crippen LogP contribution in [0, 0.1) is 0 Å². The van der Waals surface area contributed by atoms with Crippen LogP contribution in [0.4, 0.5) is 0 Å². The van der Waals surface area contributed by atoms with Gasteiger partial charge in [-0.1, -0.05) is 280 Å². The second-order valence-corrected chi connectivity index (χ2v) is 22.0. The fourth-order valence-electron chi connectivity index (χ4n) is 9.43. The van der Waals surface area contributed by atoms with E-state index >= 15 is 0 Å². The molecule has 0 N–H and O–H groups in total. The first-order valence-corrected chi connectivity index (χ1v) is 32.9. The Morgan fingerprint density at radius 2 is 0.500 bits per heavy atom. The molecule has 0 spiro atoms. The van der Waals surface area contributed by atoms with Crippen molar-refractivity contribution in [2.75, 3.05) is 13.2 Å². The van der Waals surface area contributed by atoms with Crippen molar-refractivity contribution in [3.8, 4) is 0 Å². The Balaban J connectivity index is 4.28. The zero-order chi connectivity index (χ0) is 55.0. The topological polar surface area (TPSA) is 78.9 Å². The van der Waals surface area contributed by atoms with Crippen LogP contribution in [0.25, 0.3) is 0 Å². The molecule has 0 radical (unpaired) electrons. The van der Waals surface area contributed by atoms with E-state index in [0.717, 1.165) is 96.3 Å². The molecule has 440 valence electrons. The summed E-state index contributed by atoms with van der Waals surface area (Å²) in [6.07, 6.45) is 83.4. The molecule has 0 aliphatic rings. The quantitative estimate of drug-likeness (QED) is 0.0261. The van der Waals surface area contributed by atoms with Gasteiger partial charge in [0.1, 0.15) is 13.2 Å². The van der Waals surface area contributed by atoms with Crippen molar-refractivity contribution in [1.29, 1.82) is 0 Å². The Labute approximate surface area is 472 Å². The van der Waals surface area contributed by atoms with Gasteiger partial charge in [0, 0.05) is 19.3 Å². The highest BCUT2D eigenvalue weighted by atomic mass is 16.6. The fraction of sp³-hybridized carbons (Fsp3) is 0.786. The SMILES string of the molecule is CCC/C=C\C/C=C\CCCCCCCC(=O)OCC(COC(=O)CCCCCCCCCCCCCC/C=C\C/C=C\C/C=C\CCCCCCC)OC(=O)CCCCCCCCC/C=C\CCCCCCCCC. The van der Waals surface area contributed by atoms with Gasteiger partial charge < -0.3 is 14.2 Å². The maximum Gasteiger partial charge on any atom is 0.306 e. The van der Waals surface area contributed by atoms with Crippen molar-refractivity contribution in [3.63, 3.8) is 0 Å². The summed E-state index contributed by atoms with van der Waals surface area (Å²) in [6.45, 7) is 6.58. The maximum atomic E-state index is 12.9. The van der Waals surface area contributed by atoms with Crippen LogP contribution in [0.15, 0.2) is 72.9 Å². The number of ether oxygens (including phenoxy) is 3. The number of esters is 3. The molecule has 0 aliphatic carbocycles. The molecule has 0 bridgehead atoms. The number of allylic oxidation sites excluding steroid dienone is 12. The van der Waals surface area contributed by atoms with E-state index in [2.05, 4.69) is 93.7 Å². The Bertz CT molecular complexity index is 1400. The van der Waals surface area contributed by atoms with Crippen LogP contribution in [0.3, 0.4) is 0 Å². The molecule has 0 saturated heterocycles. The first-order chi connectivity index (χ1) is 37.5. The van der Waals surface area contributed by atoms with Crippen molar-refractivity contribution in [2.24, 2.45) is 0 Å². The summed E-state index contributed by atoms with van der Waals surface area (Å²) in [6, 6.07) is 0. The van der Waals surface area contributed by atoms with E-state index in [9.17, 15) is 14.4 Å². The van der Waals surface area contributed by atoms with E-state index in [1.54, 1.807) is 0 Å². The maximum absolute atomic E-state index is 12.9. The predicted octanol–water partition coefficient (Wildman–Crippen LogP) is 22.5. The van der Waals surface area contributed by atoms with Gasteiger partial charge in [-0.05, 0) is 109 Å². The largest absolute Gasteiger partial charge is 0.462 e. The van der Waals surface area contributed by atoms with Crippen LogP contribution in [0.5, 0.6) is 0 Å². The highest BCUT2D eigenvalue weighted by molar-refractivity contribution is 5.71. The molecule has 0 fully saturated rings. The molecule has 1 unspecified atom stereocenters. The van der Waals surface area contributed by atoms with Gasteiger partial charge >= 0.3 is 17.9 Å². The van der Waals surface area contributed by atoms with Crippen molar-refractivity contribution >= 4 is 17.9 Å². The summed E-state index contributed by atoms with van der Waals surface area (Å²) in [7, 11) is 0. The highest BCUT2D eigenvalue weighted by Crippen LogP contribution is 2.16. The Morgan fingerprint density at radius 3 is 0.803 bits per heavy atom. The van der Waals surface area contributed by atoms with E-state index in [4.69, 9.17) is 14.2 Å². The molecule has 1 atom stereocenters. The Morgan fingerprint density at radius 1 is 0.263 bits per heavy atom. The number of hydrogen-bond acceptors (Lipinski definition) is 6. The molecule has 6 nitrogen and oxygen atoms in total. The van der Waals surface area contributed by atoms with Gasteiger partial charge in [-0.3, -0.25) is 14.4 Å². The van der Waals surface area contributed by atoms with Gasteiger partial charge in [-0.25, -0.2) is 0 Å². The van der Waals surface area contributed by atoms with Crippen LogP contribution in [0.2, 0.25) is 0 Å². The molecule has 0 aromatic rings. The third-order valence-electron chi connectivity index (χ3n) is 14.4. The van der Waals surface area contributed by atoms with Gasteiger partial charge in [-0.2, -0.15) is 0 Å². The molecular weight excluding hydrogens is 937 g/mol. The first-order valence-electron chi connectivity index (χ1n) is 32.9. The molecule has 0 rings (SSSR count). The van der Waals surface area contributed by atoms with Gasteiger partial charge in [0.2, 0.25) is 0 Å². The summed E-state index contributed by atoms with van der Waals surface area (Å²) < 4.78 is 16.9. The number of hydrogen-bond donors (Lipinski definition) is 0. The van der Waals surface area contributed by atoms with Gasteiger partial charge in [0.05, 0.1) is 0 Å². The zero-order valence-corrected chi connectivity index (χ0v) is 50.5. The summed E-state index contributed by atoms with van der Waals surface area (Å²) in [5, 5.41) is 0. The smallest absolute Gasteiger partial charge is 0.306 e. The minimum absolute atomic E-state index is 0.0810. The van der Waals surface area contributed by atoms with E-state index in [0.29, 0.717) is 19.3 Å². The van der Waals surface area contributed by atoms with Gasteiger partial charge in [-0.15, -0.1) is 0 Å². The zero-order valence-electron chi connectivity index (χ0n) is 50.5. The number of carbonyl (C=O) groups is 3. The first kappa shape index (κ1) is 72.8. The monoisotopic (exact) mass is 1060 g/mol. The van der Waals surface area contributed by atoms with E-state index in [-0.39, 0.29) is 31.1 Å². The van der Waals surface area contributed by atoms with E-state index in [1.165, 1.54) is 199 Å². The van der Waals surface area contributed by atoms with Crippen molar-refractivity contribution < 1.29 is 28.6 Å². The Kier molecular flexibility index (Phi) is 61.7. The summed E-state index contributed by atoms with van der Waals surface area (Å²) >= 11 is 0. The van der Waals surface area contributed by atoms with Crippen molar-refractivity contribution in [3.05, 3.63) is 72.9 Å². The second-order valence-electron chi connectivity index (χ2n) is 22.0. The number of unbranched alkanes of at least 4 members (excludes halogenated alkanes) is 37. The molecular formula is C70H124O6. The average Bonchev–Trinajstić information content (AvgIpc) is 3.42. The van der Waals surface area contributed by atoms with Crippen LogP contribution in [0.1, 0.15) is 335 Å². The van der Waals surface area contributed by atoms with E-state index < -0.39 is 6.10 Å². The Hall–Kier alpha value is -3.15. The minimum Gasteiger partial charge on any atom is -0.462 e. The molecule has 0 amide bonds. The van der Waals surface area contributed by atoms with Crippen LogP contribution in [-0.2, 0) is 28.6 Å². The van der Waals surface area contributed by atoms with Crippen molar-refractivity contribution in [2.45, 2.75) is 341 Å². The van der Waals surface area contributed by atoms with E-state index in [1.807, 2.05) is 0 Å². The minimum atomic E-state index is -0.785. The molecule has 0 saturated carbocycles. The second kappa shape index (κ2) is 64.4. The molecule has 0 aliphatic heterocycles. The predicted molar refractivity (Wildman–Crippen MR) is 330 cm³/mol. The molecule has 0 heterocycles. The lowest BCUT2D eigenvalue weighted by atomic mass is 10.0. The highest BCUT2D eigenvalue weighted by Gasteiger charge is 2.19. The standard InChI is InChI=1S/C70H124O6/c1-4-7-10-13-16-19-22-25-27-29-31-32-33-34-35-36-37-38-39-41-42-45-48-51-54-57-60-63-69(72)75-66-67(65-74-68(71)62-59-56-53-50-47-44-24-21-18-15-12-9-6-3)76-70(73)64-61-58-55-52-49-46-43-40-30-28-26-23-20-17-14-11-8-5-2/h12,15,21-22,24-25,28-31,33-34,67H,4-11,13-14,16-20,23,26-27,32,35-66H2,1-3H3/b15-12-,24-21-,25-22-,30-28-,31-29-,34-33-. The lowest BCUT2D eigenvalue weighted by Gasteiger charge is -2.18. The van der Waals surface area contributed by atoms with Crippen LogP contribution >= 0.6 is 0 Å². The summed E-state index contributed by atoms with van der Waals surface area (Å²) in [4.78, 5) is 38.3. The molecule has 6 heteroatoms. The summed E-state index contributed by atoms with van der Waals surface area (Å²) in [5.74, 6) is -0.887. The van der Waals surface area contributed by atoms with Gasteiger partial charge in [0.25, 0.3) is 0 Å². The number of rotatable bonds is 60. The van der Waals surface area contributed by atoms with Gasteiger partial charge in [0.15, 0.2) is 6.10 Å². The number of carbonyl (C=O) groups excluding carboxylic acids is 3.